The largest absolute Gasteiger partial charge is 0.504 e. The average Bonchev–Trinajstić information content (AvgIpc) is 2.74. The number of phenols is 1. The number of unbranched alkanes of at least 4 members (excludes halogenated alkanes) is 1. The number of hydroxylamine groups is 1. The van der Waals surface area contributed by atoms with Gasteiger partial charge in [-0.1, -0.05) is 29.8 Å². The van der Waals surface area contributed by atoms with Gasteiger partial charge in [0, 0.05) is 11.8 Å². The van der Waals surface area contributed by atoms with E-state index >= 15 is 0 Å². The predicted molar refractivity (Wildman–Crippen MR) is 112 cm³/mol. The Hall–Kier alpha value is -3.52. The van der Waals surface area contributed by atoms with Crippen LogP contribution in [0, 0.1) is 6.92 Å². The third-order valence-electron chi connectivity index (χ3n) is 4.34. The van der Waals surface area contributed by atoms with Crippen LogP contribution in [-0.2, 0) is 9.53 Å². The maximum atomic E-state index is 12.4. The maximum Gasteiger partial charge on any atom is 0.412 e. The van der Waals surface area contributed by atoms with Crippen LogP contribution in [0.1, 0.15) is 36.5 Å². The number of hydrogen-bond acceptors (Lipinski definition) is 6. The van der Waals surface area contributed by atoms with Gasteiger partial charge in [-0.05, 0) is 56.0 Å². The van der Waals surface area contributed by atoms with Gasteiger partial charge in [-0.2, -0.15) is 0 Å². The first-order chi connectivity index (χ1) is 14.4. The summed E-state index contributed by atoms with van der Waals surface area (Å²) >= 11 is 0. The smallest absolute Gasteiger partial charge is 0.412 e. The second-order valence-electron chi connectivity index (χ2n) is 6.63. The molecule has 0 saturated carbocycles. The number of rotatable bonds is 9. The Morgan fingerprint density at radius 1 is 1.17 bits per heavy atom. The molecule has 0 bridgehead atoms. The highest BCUT2D eigenvalue weighted by Gasteiger charge is 2.18. The number of carbonyl (C=O) groups is 2. The lowest BCUT2D eigenvalue weighted by atomic mass is 10.0. The summed E-state index contributed by atoms with van der Waals surface area (Å²) in [6, 6.07) is 12.1. The molecular formula is C22H26N2O6. The van der Waals surface area contributed by atoms with Crippen LogP contribution >= 0.6 is 0 Å². The zero-order valence-electron chi connectivity index (χ0n) is 16.9. The molecule has 2 rings (SSSR count). The van der Waals surface area contributed by atoms with E-state index in [4.69, 9.17) is 14.7 Å². The van der Waals surface area contributed by atoms with E-state index in [2.05, 4.69) is 5.32 Å². The predicted octanol–water partition coefficient (Wildman–Crippen LogP) is 4.23. The number of hydrogen-bond donors (Lipinski definition) is 4. The van der Waals surface area contributed by atoms with Gasteiger partial charge in [0.15, 0.2) is 11.5 Å². The Morgan fingerprint density at radius 3 is 2.53 bits per heavy atom. The lowest BCUT2D eigenvalue weighted by molar-refractivity contribution is -0.124. The van der Waals surface area contributed by atoms with Crippen LogP contribution in [0.5, 0.6) is 11.5 Å². The zero-order chi connectivity index (χ0) is 21.9. The van der Waals surface area contributed by atoms with Gasteiger partial charge in [-0.15, -0.1) is 0 Å². The molecule has 2 aromatic rings. The molecule has 8 nitrogen and oxygen atoms in total. The molecule has 160 valence electrons. The minimum atomic E-state index is -0.618. The van der Waals surface area contributed by atoms with Crippen molar-refractivity contribution < 1.29 is 29.4 Å². The lowest BCUT2D eigenvalue weighted by Gasteiger charge is -2.19. The van der Waals surface area contributed by atoms with E-state index in [1.54, 1.807) is 30.3 Å². The molecule has 2 amide bonds. The second-order valence-corrected chi connectivity index (χ2v) is 6.63. The van der Waals surface area contributed by atoms with Gasteiger partial charge in [-0.3, -0.25) is 15.3 Å². The number of anilines is 1. The molecule has 1 atom stereocenters. The molecule has 30 heavy (non-hydrogen) atoms. The van der Waals surface area contributed by atoms with Gasteiger partial charge in [0.1, 0.15) is 6.10 Å². The first-order valence-electron chi connectivity index (χ1n) is 9.44. The summed E-state index contributed by atoms with van der Waals surface area (Å²) in [7, 11) is 1.45. The van der Waals surface area contributed by atoms with Crippen molar-refractivity contribution in [2.24, 2.45) is 0 Å². The molecule has 0 saturated heterocycles. The standard InChI is InChI=1S/C22H26N2O6/c1-15-8-11-17(12-9-15)23-22(27)30-19(6-4-3-5-7-21(26)24-28)16-10-13-20(29-2)18(25)14-16/h5,7-14,19,25,28H,3-4,6H2,1-2H3,(H,23,27)(H,24,26)/b7-5+/t19-/m0/s1. The first kappa shape index (κ1) is 22.8. The molecule has 4 N–H and O–H groups in total. The number of aromatic hydroxyl groups is 1. The normalized spacial score (nSPS) is 11.7. The van der Waals surface area contributed by atoms with Gasteiger partial charge in [0.05, 0.1) is 7.11 Å². The molecule has 0 radical (unpaired) electrons. The Balaban J connectivity index is 2.06. The van der Waals surface area contributed by atoms with Crippen LogP contribution in [-0.4, -0.2) is 29.4 Å². The highest BCUT2D eigenvalue weighted by Crippen LogP contribution is 2.32. The molecule has 0 unspecified atom stereocenters. The highest BCUT2D eigenvalue weighted by molar-refractivity contribution is 5.86. The van der Waals surface area contributed by atoms with Crippen molar-refractivity contribution in [3.05, 3.63) is 65.7 Å². The summed E-state index contributed by atoms with van der Waals surface area (Å²) in [5.74, 6) is -0.345. The van der Waals surface area contributed by atoms with E-state index in [0.29, 0.717) is 36.3 Å². The van der Waals surface area contributed by atoms with Crippen molar-refractivity contribution in [1.29, 1.82) is 0 Å². The minimum Gasteiger partial charge on any atom is -0.504 e. The summed E-state index contributed by atoms with van der Waals surface area (Å²) in [5.41, 5.74) is 3.82. The van der Waals surface area contributed by atoms with Crippen molar-refractivity contribution in [2.75, 3.05) is 12.4 Å². The van der Waals surface area contributed by atoms with Crippen molar-refractivity contribution >= 4 is 17.7 Å². The minimum absolute atomic E-state index is 0.0537. The first-order valence-corrected chi connectivity index (χ1v) is 9.44. The van der Waals surface area contributed by atoms with Crippen molar-refractivity contribution in [3.63, 3.8) is 0 Å². The van der Waals surface area contributed by atoms with Gasteiger partial charge in [-0.25, -0.2) is 10.3 Å². The maximum absolute atomic E-state index is 12.4. The third kappa shape index (κ3) is 7.14. The van der Waals surface area contributed by atoms with E-state index < -0.39 is 18.1 Å². The summed E-state index contributed by atoms with van der Waals surface area (Å²) in [6.07, 6.45) is 3.19. The fraction of sp³-hybridized carbons (Fsp3) is 0.273. The summed E-state index contributed by atoms with van der Waals surface area (Å²) in [5, 5.41) is 21.2. The molecule has 2 aromatic carbocycles. The topological polar surface area (TPSA) is 117 Å². The van der Waals surface area contributed by atoms with Crippen LogP contribution in [0.3, 0.4) is 0 Å². The number of amides is 2. The van der Waals surface area contributed by atoms with Crippen molar-refractivity contribution in [1.82, 2.24) is 5.48 Å². The number of allylic oxidation sites excluding steroid dienone is 1. The summed E-state index contributed by atoms with van der Waals surface area (Å²) in [6.45, 7) is 1.95. The van der Waals surface area contributed by atoms with Crippen LogP contribution in [0.4, 0.5) is 10.5 Å². The quantitative estimate of drug-likeness (QED) is 0.211. The molecule has 0 aliphatic rings. The highest BCUT2D eigenvalue weighted by atomic mass is 16.6. The zero-order valence-corrected chi connectivity index (χ0v) is 16.9. The number of nitrogens with one attached hydrogen (secondary N) is 2. The van der Waals surface area contributed by atoms with Crippen LogP contribution in [0.2, 0.25) is 0 Å². The van der Waals surface area contributed by atoms with Gasteiger partial charge >= 0.3 is 6.09 Å². The molecular weight excluding hydrogens is 388 g/mol. The number of methoxy groups -OCH3 is 1. The Bertz CT molecular complexity index is 880. The van der Waals surface area contributed by atoms with E-state index in [9.17, 15) is 14.7 Å². The van der Waals surface area contributed by atoms with Crippen molar-refractivity contribution in [2.45, 2.75) is 32.3 Å². The van der Waals surface area contributed by atoms with E-state index in [1.165, 1.54) is 24.7 Å². The van der Waals surface area contributed by atoms with Gasteiger partial charge in [0.2, 0.25) is 0 Å². The lowest BCUT2D eigenvalue weighted by Crippen LogP contribution is -2.17. The molecule has 0 aliphatic heterocycles. The van der Waals surface area contributed by atoms with Gasteiger partial charge < -0.3 is 14.6 Å². The Morgan fingerprint density at radius 2 is 1.90 bits per heavy atom. The number of benzene rings is 2. The molecule has 0 aromatic heterocycles. The molecule has 8 heteroatoms. The molecule has 0 fully saturated rings. The summed E-state index contributed by atoms with van der Waals surface area (Å²) in [4.78, 5) is 23.4. The van der Waals surface area contributed by atoms with Gasteiger partial charge in [0.25, 0.3) is 5.91 Å². The number of aryl methyl sites for hydroxylation is 1. The average molecular weight is 414 g/mol. The van der Waals surface area contributed by atoms with Crippen LogP contribution in [0.15, 0.2) is 54.6 Å². The molecule has 0 spiro atoms. The fourth-order valence-corrected chi connectivity index (χ4v) is 2.76. The Kier molecular flexibility index (Phi) is 8.71. The van der Waals surface area contributed by atoms with Crippen LogP contribution < -0.4 is 15.5 Å². The molecule has 0 aliphatic carbocycles. The van der Waals surface area contributed by atoms with E-state index in [1.807, 2.05) is 19.1 Å². The fourth-order valence-electron chi connectivity index (χ4n) is 2.76. The Labute approximate surface area is 175 Å². The second kappa shape index (κ2) is 11.5. The van der Waals surface area contributed by atoms with E-state index in [0.717, 1.165) is 5.56 Å². The van der Waals surface area contributed by atoms with E-state index in [-0.39, 0.29) is 5.75 Å². The number of carbonyl (C=O) groups excluding carboxylic acids is 2. The summed E-state index contributed by atoms with van der Waals surface area (Å²) < 4.78 is 10.7. The SMILES string of the molecule is COc1ccc([C@H](CCC/C=C/C(=O)NO)OC(=O)Nc2ccc(C)cc2)cc1O. The van der Waals surface area contributed by atoms with Crippen molar-refractivity contribution in [3.8, 4) is 11.5 Å². The van der Waals surface area contributed by atoms with Crippen LogP contribution in [0.25, 0.3) is 0 Å². The number of ether oxygens (including phenoxy) is 2. The molecule has 0 heterocycles. The monoisotopic (exact) mass is 414 g/mol. The third-order valence-corrected chi connectivity index (χ3v) is 4.34. The number of phenolic OH excluding ortho intramolecular Hbond substituents is 1.